The molecule has 0 unspecified atom stereocenters. The van der Waals surface area contributed by atoms with Crippen molar-refractivity contribution >= 4 is 22.6 Å². The molecule has 0 radical (unpaired) electrons. The molecule has 0 amide bonds. The first-order chi connectivity index (χ1) is 7.33. The average molecular weight is 228 g/mol. The van der Waals surface area contributed by atoms with E-state index in [2.05, 4.69) is 21.6 Å². The number of nitrogens with two attached hydrogens (primary N) is 1. The number of aromatic nitrogens is 2. The molecule has 0 aliphatic heterocycles. The van der Waals surface area contributed by atoms with Crippen LogP contribution in [0.1, 0.15) is 45.4 Å². The Hall–Kier alpha value is -0.840. The molecule has 15 heavy (non-hydrogen) atoms. The third-order valence-corrected chi connectivity index (χ3v) is 2.94. The van der Waals surface area contributed by atoms with Gasteiger partial charge in [0, 0.05) is 18.1 Å². The summed E-state index contributed by atoms with van der Waals surface area (Å²) < 4.78 is 3.90. The Morgan fingerprint density at radius 3 is 2.60 bits per heavy atom. The normalized spacial score (nSPS) is 10.5. The molecule has 1 heterocycles. The molecule has 4 nitrogen and oxygen atoms in total. The number of unbranched alkanes of at least 4 members (excludes halogenated alkanes) is 5. The highest BCUT2D eigenvalue weighted by molar-refractivity contribution is 7.09. The molecule has 0 spiro atoms. The Kier molecular flexibility index (Phi) is 6.08. The van der Waals surface area contributed by atoms with Gasteiger partial charge in [-0.25, -0.2) is 0 Å². The highest BCUT2D eigenvalue weighted by Crippen LogP contribution is 2.12. The van der Waals surface area contributed by atoms with E-state index in [0.717, 1.165) is 11.7 Å². The van der Waals surface area contributed by atoms with Crippen LogP contribution < -0.4 is 11.1 Å². The van der Waals surface area contributed by atoms with Crippen LogP contribution in [-0.4, -0.2) is 15.9 Å². The maximum absolute atomic E-state index is 5.41. The summed E-state index contributed by atoms with van der Waals surface area (Å²) >= 11 is 1.32. The molecular weight excluding hydrogens is 208 g/mol. The molecule has 0 atom stereocenters. The van der Waals surface area contributed by atoms with Crippen LogP contribution >= 0.6 is 11.5 Å². The topological polar surface area (TPSA) is 63.8 Å². The number of nitrogen functional groups attached to an aromatic ring is 1. The number of hydrogen-bond donors (Lipinski definition) is 2. The Bertz CT molecular complexity index is 262. The standard InChI is InChI=1S/C10H20N4S/c1-2-3-4-5-6-7-8-12-10-13-9(11)14-15-10/h2-8H2,1H3,(H3,11,12,13,14). The summed E-state index contributed by atoms with van der Waals surface area (Å²) in [6, 6.07) is 0. The first kappa shape index (κ1) is 12.2. The zero-order valence-corrected chi connectivity index (χ0v) is 10.1. The van der Waals surface area contributed by atoms with E-state index in [4.69, 9.17) is 5.73 Å². The van der Waals surface area contributed by atoms with Crippen molar-refractivity contribution in [2.45, 2.75) is 45.4 Å². The predicted molar refractivity (Wildman–Crippen MR) is 66.2 cm³/mol. The molecule has 0 saturated heterocycles. The molecule has 0 fully saturated rings. The number of nitrogens with one attached hydrogen (secondary N) is 1. The van der Waals surface area contributed by atoms with Crippen molar-refractivity contribution in [2.24, 2.45) is 0 Å². The van der Waals surface area contributed by atoms with Crippen molar-refractivity contribution < 1.29 is 0 Å². The molecule has 0 aromatic carbocycles. The fraction of sp³-hybridized carbons (Fsp3) is 0.800. The molecule has 1 aromatic rings. The van der Waals surface area contributed by atoms with E-state index >= 15 is 0 Å². The van der Waals surface area contributed by atoms with E-state index in [-0.39, 0.29) is 0 Å². The van der Waals surface area contributed by atoms with Gasteiger partial charge in [-0.2, -0.15) is 9.36 Å². The fourth-order valence-electron chi connectivity index (χ4n) is 1.41. The number of nitrogens with zero attached hydrogens (tertiary/aromatic N) is 2. The van der Waals surface area contributed by atoms with Crippen LogP contribution in [0.15, 0.2) is 0 Å². The van der Waals surface area contributed by atoms with Crippen LogP contribution in [0.5, 0.6) is 0 Å². The van der Waals surface area contributed by atoms with Gasteiger partial charge >= 0.3 is 0 Å². The van der Waals surface area contributed by atoms with Crippen LogP contribution in [0.4, 0.5) is 11.1 Å². The maximum Gasteiger partial charge on any atom is 0.233 e. The van der Waals surface area contributed by atoms with Gasteiger partial charge in [0.2, 0.25) is 11.1 Å². The second-order valence-corrected chi connectivity index (χ2v) is 4.40. The SMILES string of the molecule is CCCCCCCCNc1nc(N)ns1. The minimum Gasteiger partial charge on any atom is -0.367 e. The van der Waals surface area contributed by atoms with Crippen molar-refractivity contribution in [3.63, 3.8) is 0 Å². The zero-order valence-electron chi connectivity index (χ0n) is 9.33. The van der Waals surface area contributed by atoms with Crippen LogP contribution in [0.25, 0.3) is 0 Å². The Morgan fingerprint density at radius 2 is 1.93 bits per heavy atom. The van der Waals surface area contributed by atoms with E-state index in [0.29, 0.717) is 5.95 Å². The molecule has 0 bridgehead atoms. The lowest BCUT2D eigenvalue weighted by atomic mass is 10.1. The van der Waals surface area contributed by atoms with Gasteiger partial charge in [-0.1, -0.05) is 39.0 Å². The Morgan fingerprint density at radius 1 is 1.20 bits per heavy atom. The van der Waals surface area contributed by atoms with Crippen LogP contribution in [0, 0.1) is 0 Å². The molecular formula is C10H20N4S. The zero-order chi connectivity index (χ0) is 10.9. The lowest BCUT2D eigenvalue weighted by molar-refractivity contribution is 0.617. The highest BCUT2D eigenvalue weighted by Gasteiger charge is 1.98. The van der Waals surface area contributed by atoms with Crippen LogP contribution in [0.2, 0.25) is 0 Å². The second kappa shape index (κ2) is 7.45. The van der Waals surface area contributed by atoms with Crippen molar-refractivity contribution in [3.8, 4) is 0 Å². The first-order valence-electron chi connectivity index (χ1n) is 5.66. The number of anilines is 2. The van der Waals surface area contributed by atoms with Crippen molar-refractivity contribution in [3.05, 3.63) is 0 Å². The third kappa shape index (κ3) is 5.57. The van der Waals surface area contributed by atoms with Gasteiger partial charge in [-0.05, 0) is 6.42 Å². The van der Waals surface area contributed by atoms with Gasteiger partial charge in [-0.15, -0.1) is 0 Å². The van der Waals surface area contributed by atoms with Crippen LogP contribution in [0.3, 0.4) is 0 Å². The van der Waals surface area contributed by atoms with E-state index in [9.17, 15) is 0 Å². The van der Waals surface area contributed by atoms with E-state index < -0.39 is 0 Å². The first-order valence-corrected chi connectivity index (χ1v) is 6.43. The van der Waals surface area contributed by atoms with E-state index in [1.165, 1.54) is 50.1 Å². The monoisotopic (exact) mass is 228 g/mol. The van der Waals surface area contributed by atoms with Crippen molar-refractivity contribution in [1.29, 1.82) is 0 Å². The summed E-state index contributed by atoms with van der Waals surface area (Å²) in [6.07, 6.45) is 7.86. The summed E-state index contributed by atoms with van der Waals surface area (Å²) in [7, 11) is 0. The lowest BCUT2D eigenvalue weighted by Gasteiger charge is -2.01. The maximum atomic E-state index is 5.41. The van der Waals surface area contributed by atoms with Gasteiger partial charge in [0.05, 0.1) is 0 Å². The highest BCUT2D eigenvalue weighted by atomic mass is 32.1. The second-order valence-electron chi connectivity index (χ2n) is 3.65. The fourth-order valence-corrected chi connectivity index (χ4v) is 1.93. The summed E-state index contributed by atoms with van der Waals surface area (Å²) in [5.41, 5.74) is 5.41. The van der Waals surface area contributed by atoms with E-state index in [1.807, 2.05) is 0 Å². The molecule has 0 saturated carbocycles. The summed E-state index contributed by atoms with van der Waals surface area (Å²) in [5, 5.41) is 4.06. The molecule has 0 aliphatic carbocycles. The van der Waals surface area contributed by atoms with Crippen LogP contribution in [-0.2, 0) is 0 Å². The van der Waals surface area contributed by atoms with Gasteiger partial charge in [0.15, 0.2) is 0 Å². The van der Waals surface area contributed by atoms with Gasteiger partial charge in [0.25, 0.3) is 0 Å². The lowest BCUT2D eigenvalue weighted by Crippen LogP contribution is -2.01. The molecule has 86 valence electrons. The van der Waals surface area contributed by atoms with E-state index in [1.54, 1.807) is 0 Å². The molecule has 1 aromatic heterocycles. The summed E-state index contributed by atoms with van der Waals surface area (Å²) in [6.45, 7) is 3.21. The minimum atomic E-state index is 0.366. The quantitative estimate of drug-likeness (QED) is 0.671. The van der Waals surface area contributed by atoms with Gasteiger partial charge in [-0.3, -0.25) is 0 Å². The molecule has 5 heteroatoms. The molecule has 3 N–H and O–H groups in total. The smallest absolute Gasteiger partial charge is 0.233 e. The Balaban J connectivity index is 1.93. The number of hydrogen-bond acceptors (Lipinski definition) is 5. The van der Waals surface area contributed by atoms with Gasteiger partial charge in [0.1, 0.15) is 0 Å². The third-order valence-electron chi connectivity index (χ3n) is 2.25. The molecule has 0 aliphatic rings. The average Bonchev–Trinajstić information content (AvgIpc) is 2.63. The predicted octanol–water partition coefficient (Wildman–Crippen LogP) is 2.89. The minimum absolute atomic E-state index is 0.366. The number of rotatable bonds is 8. The molecule has 1 rings (SSSR count). The van der Waals surface area contributed by atoms with Crippen molar-refractivity contribution in [1.82, 2.24) is 9.36 Å². The van der Waals surface area contributed by atoms with Gasteiger partial charge < -0.3 is 11.1 Å². The van der Waals surface area contributed by atoms with Crippen molar-refractivity contribution in [2.75, 3.05) is 17.6 Å². The summed E-state index contributed by atoms with van der Waals surface area (Å²) in [5.74, 6) is 0.366. The summed E-state index contributed by atoms with van der Waals surface area (Å²) in [4.78, 5) is 4.03. The Labute approximate surface area is 95.5 Å². The largest absolute Gasteiger partial charge is 0.367 e.